The Bertz CT molecular complexity index is 3590. The summed E-state index contributed by atoms with van der Waals surface area (Å²) in [7, 11) is 1.63. The monoisotopic (exact) mass is 1390 g/mol. The van der Waals surface area contributed by atoms with Crippen LogP contribution in [-0.2, 0) is 17.3 Å². The lowest BCUT2D eigenvalue weighted by Gasteiger charge is -2.40. The van der Waals surface area contributed by atoms with Gasteiger partial charge in [-0.2, -0.15) is 13.2 Å². The van der Waals surface area contributed by atoms with Crippen molar-refractivity contribution in [3.8, 4) is 5.75 Å². The van der Waals surface area contributed by atoms with Crippen LogP contribution in [0.1, 0.15) is 154 Å². The van der Waals surface area contributed by atoms with Gasteiger partial charge in [0.15, 0.2) is 0 Å². The van der Waals surface area contributed by atoms with E-state index in [0.29, 0.717) is 108 Å². The fraction of sp³-hybridized carbons (Fsp3) is 0.393. The number of halogens is 5. The molecule has 0 unspecified atom stereocenters. The van der Waals surface area contributed by atoms with Gasteiger partial charge in [-0.05, 0) is 166 Å². The Morgan fingerprint density at radius 1 is 0.436 bits per heavy atom. The molecule has 5 atom stereocenters. The van der Waals surface area contributed by atoms with Crippen LogP contribution in [0.5, 0.6) is 5.75 Å². The normalized spacial score (nSPS) is 22.4. The minimum Gasteiger partial charge on any atom is -0.497 e. The average Bonchev–Trinajstić information content (AvgIpc) is 1.67. The zero-order valence-corrected chi connectivity index (χ0v) is 59.0. The van der Waals surface area contributed by atoms with Crippen LogP contribution < -0.4 is 4.74 Å². The zero-order chi connectivity index (χ0) is 73.1. The number of alkyl halides is 5. The Hall–Kier alpha value is -9.22. The standard InChI is InChI=1S/C22H22F3NO.C18H25NO2.C15H18FNO.C15H19NO2.C14H16FNO/c1-2-12-21(15-17-8-10-19(11-9-17)22(23,24)25)13-14-26(16-21)20(27)18-6-4-3-5-7-18;1-4-11-18(2)12-5-6-13-19(14-18)17(20)15-7-9-16(21-3)10-8-15;1-2-9-15(16)10-6-11-17(12-15)14(18)13-7-4-3-5-8-13;1-3-9-15(2)12-16(10-11-18-15)14(17)13-7-5-4-6-8-13;1-2-8-14(15)9-10-16(11-14)13(17)12-6-4-3-5-7-12/h2-11H,1,12-16H2;4,7-10H,1,5-6,11-14H2,2-3H3;2-5,7-8H,1,6,9-12H2;3-8H,1,9-12H2,2H3;2-7H,1,8-11H2/t21-;18-;2*15-;14-/m11000/s1. The number of rotatable bonds is 18. The first-order valence-corrected chi connectivity index (χ1v) is 34.9. The highest BCUT2D eigenvalue weighted by Crippen LogP contribution is 2.40. The molecule has 12 nitrogen and oxygen atoms in total. The molecule has 17 heteroatoms. The average molecular weight is 1390 g/mol. The number of hydrogen-bond acceptors (Lipinski definition) is 7. The molecule has 0 aromatic heterocycles. The lowest BCUT2D eigenvalue weighted by atomic mass is 9.78. The predicted octanol–water partition coefficient (Wildman–Crippen LogP) is 17.8. The summed E-state index contributed by atoms with van der Waals surface area (Å²) in [4.78, 5) is 71.0. The van der Waals surface area contributed by atoms with Crippen LogP contribution in [0.3, 0.4) is 0 Å². The smallest absolute Gasteiger partial charge is 0.416 e. The third-order valence-electron chi connectivity index (χ3n) is 19.2. The van der Waals surface area contributed by atoms with Crippen molar-refractivity contribution in [3.63, 3.8) is 0 Å². The number of morpholine rings is 1. The maximum atomic E-state index is 14.4. The van der Waals surface area contributed by atoms with E-state index >= 15 is 0 Å². The number of carbonyl (C=O) groups excluding carboxylic acids is 5. The van der Waals surface area contributed by atoms with E-state index in [-0.39, 0.29) is 59.1 Å². The van der Waals surface area contributed by atoms with Gasteiger partial charge in [0.2, 0.25) is 0 Å². The summed E-state index contributed by atoms with van der Waals surface area (Å²) in [6.07, 6.45) is 14.0. The minimum absolute atomic E-state index is 0.00560. The number of carbonyl (C=O) groups is 5. The third-order valence-corrected chi connectivity index (χ3v) is 19.2. The van der Waals surface area contributed by atoms with Gasteiger partial charge in [0, 0.05) is 92.9 Å². The fourth-order valence-electron chi connectivity index (χ4n) is 13.8. The van der Waals surface area contributed by atoms with Gasteiger partial charge < -0.3 is 34.0 Å². The van der Waals surface area contributed by atoms with Crippen molar-refractivity contribution in [1.82, 2.24) is 24.5 Å². The van der Waals surface area contributed by atoms with E-state index in [4.69, 9.17) is 9.47 Å². The van der Waals surface area contributed by atoms with Gasteiger partial charge in [-0.3, -0.25) is 24.0 Å². The Labute approximate surface area is 594 Å². The van der Waals surface area contributed by atoms with E-state index in [2.05, 4.69) is 39.8 Å². The molecule has 0 N–H and O–H groups in total. The van der Waals surface area contributed by atoms with Crippen molar-refractivity contribution in [3.05, 3.63) is 272 Å². The molecular formula is C84H100F5N5O7. The van der Waals surface area contributed by atoms with E-state index in [1.54, 1.807) is 65.5 Å². The molecule has 0 bridgehead atoms. The van der Waals surface area contributed by atoms with Crippen molar-refractivity contribution in [1.29, 1.82) is 0 Å². The highest BCUT2D eigenvalue weighted by Gasteiger charge is 2.42. The number of nitrogens with zero attached hydrogens (tertiary/aromatic N) is 5. The molecule has 5 heterocycles. The van der Waals surface area contributed by atoms with E-state index in [0.717, 1.165) is 79.8 Å². The van der Waals surface area contributed by atoms with Gasteiger partial charge >= 0.3 is 6.18 Å². The molecule has 5 amide bonds. The summed E-state index contributed by atoms with van der Waals surface area (Å²) >= 11 is 0. The van der Waals surface area contributed by atoms with Gasteiger partial charge in [-0.25, -0.2) is 8.78 Å². The molecule has 6 aromatic rings. The van der Waals surface area contributed by atoms with Crippen molar-refractivity contribution in [2.75, 3.05) is 79.2 Å². The second-order valence-corrected chi connectivity index (χ2v) is 27.6. The van der Waals surface area contributed by atoms with Crippen LogP contribution >= 0.6 is 0 Å². The lowest BCUT2D eigenvalue weighted by Crippen LogP contribution is -2.51. The molecule has 0 radical (unpaired) electrons. The molecule has 5 aliphatic heterocycles. The molecule has 5 saturated heterocycles. The summed E-state index contributed by atoms with van der Waals surface area (Å²) in [6, 6.07) is 49.3. The van der Waals surface area contributed by atoms with Gasteiger partial charge in [0.05, 0.1) is 44.5 Å². The largest absolute Gasteiger partial charge is 0.497 e. The van der Waals surface area contributed by atoms with Crippen LogP contribution in [0.2, 0.25) is 0 Å². The van der Waals surface area contributed by atoms with E-state index in [1.165, 1.54) is 18.6 Å². The van der Waals surface area contributed by atoms with Crippen molar-refractivity contribution < 1.29 is 55.4 Å². The van der Waals surface area contributed by atoms with E-state index < -0.39 is 23.1 Å². The van der Waals surface area contributed by atoms with Gasteiger partial charge in [0.25, 0.3) is 29.5 Å². The topological polar surface area (TPSA) is 120 Å². The predicted molar refractivity (Wildman–Crippen MR) is 392 cm³/mol. The Kier molecular flexibility index (Phi) is 29.3. The first-order chi connectivity index (χ1) is 48.3. The summed E-state index contributed by atoms with van der Waals surface area (Å²) < 4.78 is 77.8. The van der Waals surface area contributed by atoms with Gasteiger partial charge in [-0.15, -0.1) is 32.9 Å². The Morgan fingerprint density at radius 3 is 1.30 bits per heavy atom. The molecule has 101 heavy (non-hydrogen) atoms. The number of hydrogen-bond donors (Lipinski definition) is 0. The first kappa shape index (κ1) is 79.1. The Morgan fingerprint density at radius 2 is 0.842 bits per heavy atom. The van der Waals surface area contributed by atoms with Gasteiger partial charge in [-0.1, -0.05) is 129 Å². The number of ether oxygens (including phenoxy) is 2. The van der Waals surface area contributed by atoms with Crippen LogP contribution in [0, 0.1) is 10.8 Å². The highest BCUT2D eigenvalue weighted by atomic mass is 19.4. The second-order valence-electron chi connectivity index (χ2n) is 27.6. The highest BCUT2D eigenvalue weighted by molar-refractivity contribution is 5.96. The molecule has 0 aliphatic carbocycles. The number of allylic oxidation sites excluding steroid dienone is 4. The molecule has 0 spiro atoms. The maximum absolute atomic E-state index is 14.4. The Balaban J connectivity index is 0.000000179. The summed E-state index contributed by atoms with van der Waals surface area (Å²) in [5.41, 5.74) is 0.652. The summed E-state index contributed by atoms with van der Waals surface area (Å²) in [5, 5.41) is 0. The molecule has 11 rings (SSSR count). The molecule has 0 saturated carbocycles. The summed E-state index contributed by atoms with van der Waals surface area (Å²) in [5.74, 6) is 0.799. The molecule has 538 valence electrons. The number of benzene rings is 6. The maximum Gasteiger partial charge on any atom is 0.416 e. The second kappa shape index (κ2) is 37.5. The van der Waals surface area contributed by atoms with Crippen molar-refractivity contribution in [2.45, 2.75) is 120 Å². The molecular weight excluding hydrogens is 1290 g/mol. The SMILES string of the molecule is C=CC[C@@]1(C)CN(C(=O)c2ccccc2)CCO1.C=CC[C@]1(C)CCCCN(C(=O)c2ccc(OC)cc2)C1.C=CC[C@]1(Cc2ccc(C(F)(F)F)cc2)CCN(C(=O)c2ccccc2)C1.C=CC[C@]1(F)CCCN(C(=O)c2ccccc2)C1.C=CC[C@]1(F)CCN(C(=O)c2ccccc2)C1. The summed E-state index contributed by atoms with van der Waals surface area (Å²) in [6.45, 7) is 29.1. The zero-order valence-electron chi connectivity index (χ0n) is 59.0. The molecule has 5 fully saturated rings. The number of likely N-dealkylation sites (tertiary alicyclic amines) is 4. The number of piperidine rings is 1. The van der Waals surface area contributed by atoms with Gasteiger partial charge in [0.1, 0.15) is 17.1 Å². The quantitative estimate of drug-likeness (QED) is 0.0621. The van der Waals surface area contributed by atoms with E-state index in [9.17, 15) is 45.9 Å². The van der Waals surface area contributed by atoms with E-state index in [1.807, 2.05) is 149 Å². The number of amides is 5. The van der Waals surface area contributed by atoms with Crippen molar-refractivity contribution in [2.24, 2.45) is 10.8 Å². The first-order valence-electron chi connectivity index (χ1n) is 34.9. The van der Waals surface area contributed by atoms with Crippen LogP contribution in [0.4, 0.5) is 22.0 Å². The lowest BCUT2D eigenvalue weighted by molar-refractivity contribution is -0.137. The minimum atomic E-state index is -4.33. The molecule has 5 aliphatic rings. The fourth-order valence-corrected chi connectivity index (χ4v) is 13.8. The van der Waals surface area contributed by atoms with Crippen LogP contribution in [0.25, 0.3) is 0 Å². The molecule has 6 aromatic carbocycles. The van der Waals surface area contributed by atoms with Crippen LogP contribution in [-0.4, -0.2) is 150 Å². The third kappa shape index (κ3) is 23.4. The van der Waals surface area contributed by atoms with Crippen molar-refractivity contribution >= 4 is 29.5 Å². The van der Waals surface area contributed by atoms with Crippen LogP contribution in [0.15, 0.2) is 233 Å². The number of methoxy groups -OCH3 is 1.